The van der Waals surface area contributed by atoms with E-state index in [1.807, 2.05) is 6.92 Å². The van der Waals surface area contributed by atoms with Gasteiger partial charge in [0.2, 0.25) is 5.91 Å². The number of thioether (sulfide) groups is 1. The van der Waals surface area contributed by atoms with Gasteiger partial charge in [-0.2, -0.15) is 0 Å². The number of rotatable bonds is 3. The van der Waals surface area contributed by atoms with Gasteiger partial charge in [0.15, 0.2) is 0 Å². The minimum Gasteiger partial charge on any atom is -0.354 e. The molecule has 2 atom stereocenters. The number of carbonyl (C=O) groups excluding carboxylic acids is 1. The minimum absolute atomic E-state index is 0.208. The van der Waals surface area contributed by atoms with E-state index in [-0.39, 0.29) is 11.2 Å². The van der Waals surface area contributed by atoms with Gasteiger partial charge in [-0.25, -0.2) is 0 Å². The van der Waals surface area contributed by atoms with E-state index in [1.165, 1.54) is 12.8 Å². The van der Waals surface area contributed by atoms with E-state index in [0.717, 1.165) is 18.7 Å². The van der Waals surface area contributed by atoms with E-state index in [1.54, 1.807) is 11.8 Å². The van der Waals surface area contributed by atoms with Crippen molar-refractivity contribution in [3.05, 3.63) is 0 Å². The molecule has 76 valence electrons. The highest BCUT2D eigenvalue weighted by atomic mass is 79.9. The first-order chi connectivity index (χ1) is 6.20. The second kappa shape index (κ2) is 5.91. The number of hydrogen-bond acceptors (Lipinski definition) is 2. The fourth-order valence-corrected chi connectivity index (χ4v) is 2.69. The molecule has 0 radical (unpaired) electrons. The topological polar surface area (TPSA) is 29.1 Å². The van der Waals surface area contributed by atoms with Gasteiger partial charge in [-0.05, 0) is 18.6 Å². The third-order valence-corrected chi connectivity index (χ3v) is 3.73. The van der Waals surface area contributed by atoms with Gasteiger partial charge in [-0.3, -0.25) is 4.79 Å². The average molecular weight is 266 g/mol. The van der Waals surface area contributed by atoms with Gasteiger partial charge >= 0.3 is 0 Å². The Morgan fingerprint density at radius 3 is 3.00 bits per heavy atom. The molecule has 0 aromatic carbocycles. The Bertz CT molecular complexity index is 169. The Morgan fingerprint density at radius 1 is 1.69 bits per heavy atom. The number of carbonyl (C=O) groups is 1. The molecule has 0 aromatic heterocycles. The summed E-state index contributed by atoms with van der Waals surface area (Å²) in [6.45, 7) is 2.77. The predicted molar refractivity (Wildman–Crippen MR) is 61.5 cm³/mol. The third-order valence-electron chi connectivity index (χ3n) is 2.03. The van der Waals surface area contributed by atoms with Crippen molar-refractivity contribution < 1.29 is 4.79 Å². The molecule has 1 amide bonds. The second-order valence-corrected chi connectivity index (χ2v) is 6.25. The van der Waals surface area contributed by atoms with Crippen LogP contribution in [-0.2, 0) is 4.79 Å². The molecule has 0 aliphatic carbocycles. The molecule has 1 saturated heterocycles. The Labute approximate surface area is 92.4 Å². The molecular formula is C9H16BrNOS. The first-order valence-corrected chi connectivity index (χ1v) is 6.70. The molecule has 2 unspecified atom stereocenters. The molecule has 0 aromatic rings. The Morgan fingerprint density at radius 2 is 2.46 bits per heavy atom. The maximum absolute atomic E-state index is 11.5. The lowest BCUT2D eigenvalue weighted by atomic mass is 10.2. The van der Waals surface area contributed by atoms with E-state index in [2.05, 4.69) is 21.2 Å². The zero-order valence-corrected chi connectivity index (χ0v) is 10.3. The lowest BCUT2D eigenvalue weighted by molar-refractivity contribution is -0.120. The van der Waals surface area contributed by atoms with Crippen molar-refractivity contribution in [3.63, 3.8) is 0 Å². The van der Waals surface area contributed by atoms with Crippen molar-refractivity contribution in [2.45, 2.75) is 36.3 Å². The normalized spacial score (nSPS) is 25.2. The van der Waals surface area contributed by atoms with Crippen LogP contribution < -0.4 is 5.32 Å². The van der Waals surface area contributed by atoms with Crippen LogP contribution in [0.2, 0.25) is 0 Å². The summed E-state index contributed by atoms with van der Waals surface area (Å²) in [5.74, 6) is 1.36. The van der Waals surface area contributed by atoms with E-state index in [0.29, 0.717) is 4.83 Å². The lowest BCUT2D eigenvalue weighted by Crippen LogP contribution is -2.36. The highest BCUT2D eigenvalue weighted by Gasteiger charge is 2.21. The summed E-state index contributed by atoms with van der Waals surface area (Å²) in [7, 11) is 0. The van der Waals surface area contributed by atoms with Crippen LogP contribution in [0.5, 0.6) is 0 Å². The SMILES string of the molecule is CC(Br)CNC(=O)C1CCCCS1. The first-order valence-electron chi connectivity index (χ1n) is 4.73. The van der Waals surface area contributed by atoms with Crippen molar-refractivity contribution in [3.8, 4) is 0 Å². The zero-order valence-electron chi connectivity index (χ0n) is 7.88. The van der Waals surface area contributed by atoms with Crippen LogP contribution in [0.25, 0.3) is 0 Å². The van der Waals surface area contributed by atoms with Gasteiger partial charge in [0.25, 0.3) is 0 Å². The molecule has 2 nitrogen and oxygen atoms in total. The molecule has 1 aliphatic rings. The van der Waals surface area contributed by atoms with Crippen molar-refractivity contribution in [1.82, 2.24) is 5.32 Å². The summed E-state index contributed by atoms with van der Waals surface area (Å²) < 4.78 is 0. The molecule has 1 heterocycles. The predicted octanol–water partition coefficient (Wildman–Crippen LogP) is 2.17. The highest BCUT2D eigenvalue weighted by molar-refractivity contribution is 9.09. The second-order valence-electron chi connectivity index (χ2n) is 3.38. The summed E-state index contributed by atoms with van der Waals surface area (Å²) in [6.07, 6.45) is 3.52. The molecular weight excluding hydrogens is 250 g/mol. The van der Waals surface area contributed by atoms with E-state index in [4.69, 9.17) is 0 Å². The van der Waals surface area contributed by atoms with Gasteiger partial charge in [0.05, 0.1) is 5.25 Å². The number of hydrogen-bond donors (Lipinski definition) is 1. The number of halogens is 1. The Balaban J connectivity index is 2.21. The third kappa shape index (κ3) is 4.36. The van der Waals surface area contributed by atoms with Crippen LogP contribution in [0.1, 0.15) is 26.2 Å². The Hall–Kier alpha value is 0.300. The van der Waals surface area contributed by atoms with Crippen LogP contribution in [-0.4, -0.2) is 28.3 Å². The zero-order chi connectivity index (χ0) is 9.68. The molecule has 1 N–H and O–H groups in total. The van der Waals surface area contributed by atoms with Crippen LogP contribution >= 0.6 is 27.7 Å². The summed E-state index contributed by atoms with van der Waals surface area (Å²) in [4.78, 5) is 11.9. The van der Waals surface area contributed by atoms with E-state index >= 15 is 0 Å². The van der Waals surface area contributed by atoms with Crippen molar-refractivity contribution in [2.75, 3.05) is 12.3 Å². The fraction of sp³-hybridized carbons (Fsp3) is 0.889. The van der Waals surface area contributed by atoms with Crippen molar-refractivity contribution in [2.24, 2.45) is 0 Å². The monoisotopic (exact) mass is 265 g/mol. The Kier molecular flexibility index (Phi) is 5.17. The number of alkyl halides is 1. The van der Waals surface area contributed by atoms with E-state index in [9.17, 15) is 4.79 Å². The molecule has 13 heavy (non-hydrogen) atoms. The molecule has 1 aliphatic heterocycles. The smallest absolute Gasteiger partial charge is 0.233 e. The summed E-state index contributed by atoms with van der Waals surface area (Å²) in [5, 5.41) is 3.15. The standard InChI is InChI=1S/C9H16BrNOS/c1-7(10)6-11-9(12)8-4-2-3-5-13-8/h7-8H,2-6H2,1H3,(H,11,12). The number of amides is 1. The average Bonchev–Trinajstić information content (AvgIpc) is 2.15. The van der Waals surface area contributed by atoms with Crippen molar-refractivity contribution >= 4 is 33.6 Å². The first kappa shape index (κ1) is 11.4. The van der Waals surface area contributed by atoms with Gasteiger partial charge in [0, 0.05) is 11.4 Å². The van der Waals surface area contributed by atoms with Gasteiger partial charge < -0.3 is 5.32 Å². The van der Waals surface area contributed by atoms with Crippen LogP contribution in [0.3, 0.4) is 0 Å². The molecule has 0 saturated carbocycles. The van der Waals surface area contributed by atoms with Gasteiger partial charge in [-0.1, -0.05) is 29.3 Å². The largest absolute Gasteiger partial charge is 0.354 e. The quantitative estimate of drug-likeness (QED) is 0.793. The number of nitrogens with one attached hydrogen (secondary N) is 1. The van der Waals surface area contributed by atoms with Gasteiger partial charge in [-0.15, -0.1) is 11.8 Å². The van der Waals surface area contributed by atoms with Crippen molar-refractivity contribution in [1.29, 1.82) is 0 Å². The van der Waals surface area contributed by atoms with E-state index < -0.39 is 0 Å². The highest BCUT2D eigenvalue weighted by Crippen LogP contribution is 2.24. The summed E-state index contributed by atoms with van der Waals surface area (Å²) in [5.41, 5.74) is 0. The molecule has 4 heteroatoms. The van der Waals surface area contributed by atoms with Crippen LogP contribution in [0.15, 0.2) is 0 Å². The maximum Gasteiger partial charge on any atom is 0.233 e. The van der Waals surface area contributed by atoms with Gasteiger partial charge in [0.1, 0.15) is 0 Å². The summed E-state index contributed by atoms with van der Waals surface area (Å²) >= 11 is 5.20. The maximum atomic E-state index is 11.5. The molecule has 1 fully saturated rings. The van der Waals surface area contributed by atoms with Crippen LogP contribution in [0.4, 0.5) is 0 Å². The fourth-order valence-electron chi connectivity index (χ4n) is 1.30. The lowest BCUT2D eigenvalue weighted by Gasteiger charge is -2.20. The molecule has 0 spiro atoms. The molecule has 1 rings (SSSR count). The molecule has 0 bridgehead atoms. The minimum atomic E-state index is 0.208. The summed E-state index contributed by atoms with van der Waals surface area (Å²) in [6, 6.07) is 0. The van der Waals surface area contributed by atoms with Crippen LogP contribution in [0, 0.1) is 0 Å².